The van der Waals surface area contributed by atoms with Crippen LogP contribution in [0.4, 0.5) is 0 Å². The molecular formula is C15H21N3O. The first-order valence-corrected chi connectivity index (χ1v) is 7.11. The fourth-order valence-electron chi connectivity index (χ4n) is 2.68. The average molecular weight is 259 g/mol. The van der Waals surface area contributed by atoms with Gasteiger partial charge in [0, 0.05) is 17.0 Å². The van der Waals surface area contributed by atoms with Crippen molar-refractivity contribution in [1.82, 2.24) is 10.4 Å². The molecule has 2 aliphatic rings. The van der Waals surface area contributed by atoms with E-state index >= 15 is 0 Å². The van der Waals surface area contributed by atoms with E-state index in [0.29, 0.717) is 0 Å². The van der Waals surface area contributed by atoms with E-state index in [4.69, 9.17) is 4.74 Å². The molecule has 1 aliphatic heterocycles. The van der Waals surface area contributed by atoms with Crippen LogP contribution in [0.15, 0.2) is 16.7 Å². The minimum absolute atomic E-state index is 0.152. The molecule has 3 rings (SSSR count). The number of aryl methyl sites for hydroxylation is 2. The number of hydrogen-bond donors (Lipinski definition) is 2. The maximum atomic E-state index is 5.70. The van der Waals surface area contributed by atoms with Crippen LogP contribution >= 0.6 is 0 Å². The molecule has 0 aromatic carbocycles. The number of ether oxygens (including phenoxy) is 1. The van der Waals surface area contributed by atoms with Gasteiger partial charge in [-0.1, -0.05) is 0 Å². The van der Waals surface area contributed by atoms with Crippen molar-refractivity contribution in [3.63, 3.8) is 0 Å². The molecule has 0 spiro atoms. The van der Waals surface area contributed by atoms with E-state index in [-0.39, 0.29) is 6.10 Å². The Morgan fingerprint density at radius 3 is 2.95 bits per heavy atom. The molecule has 0 unspecified atom stereocenters. The van der Waals surface area contributed by atoms with E-state index in [2.05, 4.69) is 27.7 Å². The highest BCUT2D eigenvalue weighted by Crippen LogP contribution is 2.23. The molecular weight excluding hydrogens is 238 g/mol. The zero-order valence-corrected chi connectivity index (χ0v) is 11.6. The number of hydrazone groups is 1. The Labute approximate surface area is 113 Å². The molecule has 2 N–H and O–H groups in total. The highest BCUT2D eigenvalue weighted by atomic mass is 16.5. The second kappa shape index (κ2) is 5.11. The topological polar surface area (TPSA) is 49.4 Å². The van der Waals surface area contributed by atoms with Crippen molar-refractivity contribution in [3.8, 4) is 0 Å². The Hall–Kier alpha value is -1.71. The van der Waals surface area contributed by atoms with E-state index in [1.165, 1.54) is 42.6 Å². The van der Waals surface area contributed by atoms with Crippen LogP contribution in [-0.2, 0) is 17.6 Å². The third-order valence-corrected chi connectivity index (χ3v) is 3.54. The van der Waals surface area contributed by atoms with Crippen LogP contribution in [0.1, 0.15) is 43.6 Å². The second-order valence-corrected chi connectivity index (χ2v) is 5.52. The lowest BCUT2D eigenvalue weighted by molar-refractivity contribution is 0.229. The van der Waals surface area contributed by atoms with Gasteiger partial charge in [0.1, 0.15) is 0 Å². The predicted molar refractivity (Wildman–Crippen MR) is 77.1 cm³/mol. The van der Waals surface area contributed by atoms with Gasteiger partial charge in [-0.05, 0) is 57.2 Å². The first-order valence-electron chi connectivity index (χ1n) is 7.11. The Morgan fingerprint density at radius 1 is 1.32 bits per heavy atom. The summed E-state index contributed by atoms with van der Waals surface area (Å²) in [6, 6.07) is 2.27. The fourth-order valence-corrected chi connectivity index (χ4v) is 2.68. The number of H-pyrrole nitrogens is 1. The van der Waals surface area contributed by atoms with Gasteiger partial charge in [-0.25, -0.2) is 0 Å². The highest BCUT2D eigenvalue weighted by Gasteiger charge is 2.18. The van der Waals surface area contributed by atoms with Crippen LogP contribution in [0.2, 0.25) is 0 Å². The SMILES string of the molecule is CC(C)OC1=NNC/C1=C\c1cc2c([nH]1)CCCC2. The summed E-state index contributed by atoms with van der Waals surface area (Å²) in [5.74, 6) is 0.725. The molecule has 1 aliphatic carbocycles. The van der Waals surface area contributed by atoms with Crippen molar-refractivity contribution < 1.29 is 4.74 Å². The van der Waals surface area contributed by atoms with Gasteiger partial charge in [-0.3, -0.25) is 0 Å². The summed E-state index contributed by atoms with van der Waals surface area (Å²) < 4.78 is 5.70. The molecule has 0 saturated heterocycles. The number of rotatable bonds is 2. The Bertz CT molecular complexity index is 502. The summed E-state index contributed by atoms with van der Waals surface area (Å²) in [6.07, 6.45) is 7.30. The molecule has 0 atom stereocenters. The molecule has 0 saturated carbocycles. The highest BCUT2D eigenvalue weighted by molar-refractivity contribution is 5.99. The molecule has 2 heterocycles. The molecule has 0 bridgehead atoms. The van der Waals surface area contributed by atoms with Gasteiger partial charge in [0.2, 0.25) is 5.90 Å². The van der Waals surface area contributed by atoms with E-state index < -0.39 is 0 Å². The lowest BCUT2D eigenvalue weighted by Crippen LogP contribution is -2.12. The maximum Gasteiger partial charge on any atom is 0.236 e. The second-order valence-electron chi connectivity index (χ2n) is 5.52. The van der Waals surface area contributed by atoms with E-state index in [1.54, 1.807) is 0 Å². The summed E-state index contributed by atoms with van der Waals surface area (Å²) in [5.41, 5.74) is 8.17. The standard InChI is InChI=1S/C15H21N3O/c1-10(2)19-15-12(9-16-18-15)8-13-7-11-5-3-4-6-14(11)17-13/h7-8,10,16-17H,3-6,9H2,1-2H3/b12-8+. The van der Waals surface area contributed by atoms with Crippen molar-refractivity contribution >= 4 is 12.0 Å². The van der Waals surface area contributed by atoms with E-state index in [0.717, 1.165) is 18.0 Å². The fraction of sp³-hybridized carbons (Fsp3) is 0.533. The van der Waals surface area contributed by atoms with Crippen LogP contribution in [0.25, 0.3) is 6.08 Å². The van der Waals surface area contributed by atoms with Crippen LogP contribution in [0, 0.1) is 0 Å². The quantitative estimate of drug-likeness (QED) is 0.857. The molecule has 0 amide bonds. The summed E-state index contributed by atoms with van der Waals surface area (Å²) in [6.45, 7) is 4.78. The lowest BCUT2D eigenvalue weighted by atomic mass is 9.98. The zero-order valence-electron chi connectivity index (χ0n) is 11.6. The first kappa shape index (κ1) is 12.3. The third kappa shape index (κ3) is 2.67. The molecule has 1 aromatic heterocycles. The van der Waals surface area contributed by atoms with Gasteiger partial charge in [0.05, 0.1) is 12.6 Å². The van der Waals surface area contributed by atoms with Crippen LogP contribution in [-0.4, -0.2) is 23.5 Å². The first-order chi connectivity index (χ1) is 9.22. The van der Waals surface area contributed by atoms with Crippen molar-refractivity contribution in [3.05, 3.63) is 28.6 Å². The molecule has 102 valence electrons. The van der Waals surface area contributed by atoms with Crippen LogP contribution < -0.4 is 5.43 Å². The third-order valence-electron chi connectivity index (χ3n) is 3.54. The van der Waals surface area contributed by atoms with Crippen LogP contribution in [0.3, 0.4) is 0 Å². The van der Waals surface area contributed by atoms with E-state index in [1.807, 2.05) is 13.8 Å². The van der Waals surface area contributed by atoms with E-state index in [9.17, 15) is 0 Å². The molecule has 1 aromatic rings. The summed E-state index contributed by atoms with van der Waals surface area (Å²) in [4.78, 5) is 3.52. The van der Waals surface area contributed by atoms with Gasteiger partial charge >= 0.3 is 0 Å². The molecule has 4 heteroatoms. The smallest absolute Gasteiger partial charge is 0.236 e. The minimum Gasteiger partial charge on any atom is -0.474 e. The van der Waals surface area contributed by atoms with Crippen LogP contribution in [0.5, 0.6) is 0 Å². The van der Waals surface area contributed by atoms with Crippen molar-refractivity contribution in [2.75, 3.05) is 6.54 Å². The number of hydrogen-bond acceptors (Lipinski definition) is 3. The molecule has 0 radical (unpaired) electrons. The molecule has 0 fully saturated rings. The predicted octanol–water partition coefficient (Wildman–Crippen LogP) is 2.62. The normalized spacial score (nSPS) is 20.4. The zero-order chi connectivity index (χ0) is 13.2. The Kier molecular flexibility index (Phi) is 3.32. The van der Waals surface area contributed by atoms with Crippen molar-refractivity contribution in [1.29, 1.82) is 0 Å². The Balaban J connectivity index is 1.81. The van der Waals surface area contributed by atoms with Crippen molar-refractivity contribution in [2.45, 2.75) is 45.6 Å². The number of fused-ring (bicyclic) bond motifs is 1. The molecule has 19 heavy (non-hydrogen) atoms. The van der Waals surface area contributed by atoms with Gasteiger partial charge in [0.15, 0.2) is 0 Å². The maximum absolute atomic E-state index is 5.70. The number of nitrogens with one attached hydrogen (secondary N) is 2. The number of nitrogens with zero attached hydrogens (tertiary/aromatic N) is 1. The largest absolute Gasteiger partial charge is 0.474 e. The summed E-state index contributed by atoms with van der Waals surface area (Å²) >= 11 is 0. The number of aromatic nitrogens is 1. The minimum atomic E-state index is 0.152. The van der Waals surface area contributed by atoms with Gasteiger partial charge < -0.3 is 15.1 Å². The summed E-state index contributed by atoms with van der Waals surface area (Å²) in [5, 5.41) is 4.20. The van der Waals surface area contributed by atoms with Crippen molar-refractivity contribution in [2.24, 2.45) is 5.10 Å². The average Bonchev–Trinajstić information content (AvgIpc) is 2.95. The Morgan fingerprint density at radius 2 is 2.16 bits per heavy atom. The summed E-state index contributed by atoms with van der Waals surface area (Å²) in [7, 11) is 0. The number of aromatic amines is 1. The van der Waals surface area contributed by atoms with Gasteiger partial charge in [0.25, 0.3) is 0 Å². The van der Waals surface area contributed by atoms with Gasteiger partial charge in [-0.15, -0.1) is 5.10 Å². The van der Waals surface area contributed by atoms with Gasteiger partial charge in [-0.2, -0.15) is 0 Å². The molecule has 4 nitrogen and oxygen atoms in total. The monoisotopic (exact) mass is 259 g/mol. The lowest BCUT2D eigenvalue weighted by Gasteiger charge is -2.09.